The van der Waals surface area contributed by atoms with Crippen LogP contribution in [0.5, 0.6) is 0 Å². The predicted octanol–water partition coefficient (Wildman–Crippen LogP) is 5.37. The van der Waals surface area contributed by atoms with Gasteiger partial charge in [-0.1, -0.05) is 67.6 Å². The summed E-state index contributed by atoms with van der Waals surface area (Å²) in [6.07, 6.45) is 5.09. The molecule has 2 aromatic rings. The summed E-state index contributed by atoms with van der Waals surface area (Å²) in [6.45, 7) is 2.35. The van der Waals surface area contributed by atoms with Crippen molar-refractivity contribution in [3.63, 3.8) is 0 Å². The van der Waals surface area contributed by atoms with Crippen molar-refractivity contribution in [1.82, 2.24) is 0 Å². The van der Waals surface area contributed by atoms with Gasteiger partial charge in [-0.3, -0.25) is 4.79 Å². The summed E-state index contributed by atoms with van der Waals surface area (Å²) in [5, 5.41) is 0. The fraction of sp³-hybridized carbons (Fsp3) is 0.348. The second-order valence-electron chi connectivity index (χ2n) is 7.36. The van der Waals surface area contributed by atoms with Gasteiger partial charge in [-0.05, 0) is 30.2 Å². The molecule has 1 aliphatic carbocycles. The number of carbonyl (C=O) groups is 1. The number of ether oxygens (including phenoxy) is 1. The third-order valence-electron chi connectivity index (χ3n) is 5.73. The van der Waals surface area contributed by atoms with Crippen molar-refractivity contribution >= 4 is 5.78 Å². The van der Waals surface area contributed by atoms with E-state index in [1.165, 1.54) is 12.0 Å². The molecule has 25 heavy (non-hydrogen) atoms. The van der Waals surface area contributed by atoms with Gasteiger partial charge < -0.3 is 4.74 Å². The van der Waals surface area contributed by atoms with Crippen molar-refractivity contribution in [3.8, 4) is 0 Å². The molecule has 0 aromatic heterocycles. The van der Waals surface area contributed by atoms with Crippen molar-refractivity contribution in [2.24, 2.45) is 11.8 Å². The lowest BCUT2D eigenvalue weighted by Crippen LogP contribution is -2.32. The number of fused-ring (bicyclic) bond motifs is 1. The van der Waals surface area contributed by atoms with Crippen LogP contribution in [0.3, 0.4) is 0 Å². The van der Waals surface area contributed by atoms with E-state index in [0.29, 0.717) is 17.8 Å². The maximum absolute atomic E-state index is 12.5. The van der Waals surface area contributed by atoms with Gasteiger partial charge in [0.15, 0.2) is 5.78 Å². The van der Waals surface area contributed by atoms with Gasteiger partial charge in [0, 0.05) is 24.0 Å². The van der Waals surface area contributed by atoms with Crippen LogP contribution in [-0.2, 0) is 4.74 Å². The monoisotopic (exact) mass is 332 g/mol. The molecule has 2 fully saturated rings. The Hall–Kier alpha value is -2.35. The number of allylic oxidation sites excluding steroid dienone is 2. The fourth-order valence-electron chi connectivity index (χ4n) is 4.53. The molecule has 4 rings (SSSR count). The van der Waals surface area contributed by atoms with Crippen molar-refractivity contribution in [3.05, 3.63) is 83.6 Å². The molecule has 1 heterocycles. The quantitative estimate of drug-likeness (QED) is 0.558. The number of hydrogen-bond acceptors (Lipinski definition) is 2. The maximum Gasteiger partial charge on any atom is 0.189 e. The topological polar surface area (TPSA) is 26.3 Å². The Kier molecular flexibility index (Phi) is 4.44. The first-order chi connectivity index (χ1) is 12.2. The zero-order valence-electron chi connectivity index (χ0n) is 14.6. The minimum Gasteiger partial charge on any atom is -0.494 e. The number of hydrogen-bond donors (Lipinski definition) is 0. The molecular formula is C23H24O2. The molecule has 128 valence electrons. The van der Waals surface area contributed by atoms with Crippen LogP contribution >= 0.6 is 0 Å². The molecular weight excluding hydrogens is 308 g/mol. The lowest BCUT2D eigenvalue weighted by molar-refractivity contribution is 0.0659. The Labute approximate surface area is 149 Å². The minimum atomic E-state index is 0.0403. The van der Waals surface area contributed by atoms with Gasteiger partial charge in [-0.25, -0.2) is 0 Å². The molecule has 1 aliphatic heterocycles. The molecule has 2 heteroatoms. The summed E-state index contributed by atoms with van der Waals surface area (Å²) in [5.41, 5.74) is 2.13. The largest absolute Gasteiger partial charge is 0.494 e. The van der Waals surface area contributed by atoms with Crippen LogP contribution in [0, 0.1) is 11.8 Å². The first-order valence-corrected chi connectivity index (χ1v) is 9.24. The van der Waals surface area contributed by atoms with Crippen molar-refractivity contribution < 1.29 is 9.53 Å². The molecule has 0 bridgehead atoms. The fourth-order valence-corrected chi connectivity index (χ4v) is 4.53. The van der Waals surface area contributed by atoms with Gasteiger partial charge in [0.1, 0.15) is 11.9 Å². The summed E-state index contributed by atoms with van der Waals surface area (Å²) < 4.78 is 6.20. The Morgan fingerprint density at radius 2 is 1.68 bits per heavy atom. The molecule has 0 spiro atoms. The van der Waals surface area contributed by atoms with E-state index in [2.05, 4.69) is 37.3 Å². The summed E-state index contributed by atoms with van der Waals surface area (Å²) in [7, 11) is 0. The second kappa shape index (κ2) is 6.87. The van der Waals surface area contributed by atoms with Crippen molar-refractivity contribution in [2.75, 3.05) is 0 Å². The smallest absolute Gasteiger partial charge is 0.189 e. The van der Waals surface area contributed by atoms with Crippen LogP contribution in [0.15, 0.2) is 72.5 Å². The van der Waals surface area contributed by atoms with E-state index >= 15 is 0 Å². The molecule has 1 saturated carbocycles. The molecule has 2 nitrogen and oxygen atoms in total. The minimum absolute atomic E-state index is 0.0403. The second-order valence-corrected chi connectivity index (χ2v) is 7.36. The molecule has 0 amide bonds. The molecule has 0 radical (unpaired) electrons. The normalized spacial score (nSPS) is 29.9. The summed E-state index contributed by atoms with van der Waals surface area (Å²) in [4.78, 5) is 12.5. The van der Waals surface area contributed by atoms with Crippen LogP contribution in [-0.4, -0.2) is 11.9 Å². The molecule has 0 N–H and O–H groups in total. The van der Waals surface area contributed by atoms with E-state index in [4.69, 9.17) is 4.74 Å². The van der Waals surface area contributed by atoms with Gasteiger partial charge in [0.05, 0.1) is 0 Å². The van der Waals surface area contributed by atoms with Gasteiger partial charge in [0.2, 0.25) is 0 Å². The third-order valence-corrected chi connectivity index (χ3v) is 5.73. The number of rotatable bonds is 3. The molecule has 2 aliphatic rings. The van der Waals surface area contributed by atoms with Gasteiger partial charge in [-0.2, -0.15) is 0 Å². The standard InChI is InChI=1S/C23H24O2/c1-16-12-13-22-20(23(16)18-10-6-3-7-11-18)14-19(25-22)15-21(24)17-8-4-2-5-9-17/h2-11,15-16,20,22-23H,12-14H2,1H3/b19-15+/t16-,20?,22?,23-/m1/s1. The summed E-state index contributed by atoms with van der Waals surface area (Å²) in [5.74, 6) is 2.53. The average molecular weight is 332 g/mol. The highest BCUT2D eigenvalue weighted by molar-refractivity contribution is 6.04. The summed E-state index contributed by atoms with van der Waals surface area (Å²) in [6, 6.07) is 20.2. The lowest BCUT2D eigenvalue weighted by atomic mass is 9.68. The van der Waals surface area contributed by atoms with Gasteiger partial charge >= 0.3 is 0 Å². The van der Waals surface area contributed by atoms with Crippen LogP contribution in [0.2, 0.25) is 0 Å². The Bertz CT molecular complexity index is 763. The number of benzene rings is 2. The zero-order valence-corrected chi connectivity index (χ0v) is 14.6. The van der Waals surface area contributed by atoms with E-state index in [9.17, 15) is 4.79 Å². The van der Waals surface area contributed by atoms with Gasteiger partial charge in [0.25, 0.3) is 0 Å². The number of carbonyl (C=O) groups excluding carboxylic acids is 1. The molecule has 1 saturated heterocycles. The highest BCUT2D eigenvalue weighted by Gasteiger charge is 2.44. The first kappa shape index (κ1) is 16.1. The SMILES string of the molecule is C[C@@H]1CCC2O/C(=C/C(=O)c3ccccc3)CC2[C@H]1c1ccccc1. The van der Waals surface area contributed by atoms with E-state index < -0.39 is 0 Å². The Balaban J connectivity index is 1.57. The van der Waals surface area contributed by atoms with E-state index in [1.54, 1.807) is 6.08 Å². The van der Waals surface area contributed by atoms with E-state index in [1.807, 2.05) is 30.3 Å². The third kappa shape index (κ3) is 3.26. The summed E-state index contributed by atoms with van der Waals surface area (Å²) >= 11 is 0. The van der Waals surface area contributed by atoms with E-state index in [0.717, 1.165) is 24.2 Å². The Morgan fingerprint density at radius 3 is 2.40 bits per heavy atom. The lowest BCUT2D eigenvalue weighted by Gasteiger charge is -2.37. The average Bonchev–Trinajstić information content (AvgIpc) is 3.05. The Morgan fingerprint density at radius 1 is 1.00 bits per heavy atom. The van der Waals surface area contributed by atoms with Crippen molar-refractivity contribution in [2.45, 2.75) is 38.2 Å². The van der Waals surface area contributed by atoms with Crippen LogP contribution < -0.4 is 0 Å². The predicted molar refractivity (Wildman–Crippen MR) is 99.4 cm³/mol. The maximum atomic E-state index is 12.5. The number of ketones is 1. The van der Waals surface area contributed by atoms with Crippen LogP contribution in [0.1, 0.15) is 48.0 Å². The first-order valence-electron chi connectivity index (χ1n) is 9.24. The van der Waals surface area contributed by atoms with Gasteiger partial charge in [-0.15, -0.1) is 0 Å². The van der Waals surface area contributed by atoms with E-state index in [-0.39, 0.29) is 11.9 Å². The molecule has 2 aromatic carbocycles. The highest BCUT2D eigenvalue weighted by Crippen LogP contribution is 2.49. The van der Waals surface area contributed by atoms with Crippen LogP contribution in [0.4, 0.5) is 0 Å². The molecule has 4 atom stereocenters. The molecule has 2 unspecified atom stereocenters. The van der Waals surface area contributed by atoms with Crippen LogP contribution in [0.25, 0.3) is 0 Å². The zero-order chi connectivity index (χ0) is 17.2. The van der Waals surface area contributed by atoms with Crippen molar-refractivity contribution in [1.29, 1.82) is 0 Å². The highest BCUT2D eigenvalue weighted by atomic mass is 16.5.